The van der Waals surface area contributed by atoms with Crippen molar-refractivity contribution in [3.05, 3.63) is 70.2 Å². The molecule has 2 aromatic rings. The number of carboxylic acids is 2. The van der Waals surface area contributed by atoms with E-state index in [1.807, 2.05) is 62.6 Å². The highest BCUT2D eigenvalue weighted by atomic mass is 35.5. The molecule has 1 atom stereocenters. The monoisotopic (exact) mass is 434 g/mol. The predicted molar refractivity (Wildman–Crippen MR) is 116 cm³/mol. The van der Waals surface area contributed by atoms with Gasteiger partial charge in [0.15, 0.2) is 0 Å². The van der Waals surface area contributed by atoms with Gasteiger partial charge < -0.3 is 20.4 Å². The molecule has 0 saturated heterocycles. The lowest BCUT2D eigenvalue weighted by atomic mass is 10.0. The van der Waals surface area contributed by atoms with Gasteiger partial charge in [0.2, 0.25) is 0 Å². The number of amides is 1. The van der Waals surface area contributed by atoms with Crippen LogP contribution in [0.25, 0.3) is 0 Å². The minimum atomic E-state index is -1.82. The van der Waals surface area contributed by atoms with Crippen LogP contribution in [-0.4, -0.2) is 53.6 Å². The summed E-state index contributed by atoms with van der Waals surface area (Å²) in [6.07, 6.45) is 1.68. The van der Waals surface area contributed by atoms with Crippen LogP contribution in [0, 0.1) is 0 Å². The summed E-state index contributed by atoms with van der Waals surface area (Å²) in [7, 11) is 4.07. The number of aryl methyl sites for hydroxylation is 1. The molecule has 0 aliphatic carbocycles. The molecule has 0 heterocycles. The van der Waals surface area contributed by atoms with Gasteiger partial charge in [-0.05, 0) is 62.8 Å². The van der Waals surface area contributed by atoms with Gasteiger partial charge in [-0.3, -0.25) is 4.79 Å². The third kappa shape index (κ3) is 8.63. The Kier molecular flexibility index (Phi) is 10.6. The van der Waals surface area contributed by atoms with Gasteiger partial charge in [0.25, 0.3) is 5.91 Å². The molecule has 162 valence electrons. The van der Waals surface area contributed by atoms with Crippen molar-refractivity contribution >= 4 is 29.4 Å². The van der Waals surface area contributed by atoms with Gasteiger partial charge in [-0.25, -0.2) is 9.59 Å². The summed E-state index contributed by atoms with van der Waals surface area (Å²) in [6.45, 7) is 2.96. The minimum Gasteiger partial charge on any atom is -0.473 e. The molecule has 0 aliphatic rings. The number of carboxylic acid groups (broad SMARTS) is 2. The molecule has 0 aliphatic heterocycles. The van der Waals surface area contributed by atoms with Crippen molar-refractivity contribution in [3.8, 4) is 0 Å². The van der Waals surface area contributed by atoms with E-state index in [0.717, 1.165) is 36.1 Å². The molecule has 0 bridgehead atoms. The number of rotatable bonds is 7. The van der Waals surface area contributed by atoms with Crippen molar-refractivity contribution in [3.63, 3.8) is 0 Å². The molecule has 30 heavy (non-hydrogen) atoms. The number of benzene rings is 2. The molecule has 3 N–H and O–H groups in total. The Morgan fingerprint density at radius 2 is 1.57 bits per heavy atom. The molecule has 0 saturated carbocycles. The number of hydrogen-bond acceptors (Lipinski definition) is 4. The number of carbonyl (C=O) groups excluding carboxylic acids is 1. The number of halogens is 1. The smallest absolute Gasteiger partial charge is 0.414 e. The lowest BCUT2D eigenvalue weighted by molar-refractivity contribution is -0.159. The zero-order valence-electron chi connectivity index (χ0n) is 17.3. The molecule has 0 radical (unpaired) electrons. The third-order valence-corrected chi connectivity index (χ3v) is 4.52. The molecule has 2 aromatic carbocycles. The average molecular weight is 435 g/mol. The van der Waals surface area contributed by atoms with E-state index in [0.29, 0.717) is 5.02 Å². The third-order valence-electron chi connectivity index (χ3n) is 4.27. The summed E-state index contributed by atoms with van der Waals surface area (Å²) in [5, 5.41) is 18.7. The number of aliphatic carboxylic acids is 2. The van der Waals surface area contributed by atoms with E-state index < -0.39 is 11.9 Å². The van der Waals surface area contributed by atoms with Crippen LogP contribution in [-0.2, 0) is 16.0 Å². The number of carbonyl (C=O) groups is 3. The van der Waals surface area contributed by atoms with Crippen molar-refractivity contribution in [1.29, 1.82) is 0 Å². The summed E-state index contributed by atoms with van der Waals surface area (Å²) >= 11 is 5.99. The lowest BCUT2D eigenvalue weighted by Crippen LogP contribution is -2.31. The number of hydrogen-bond donors (Lipinski definition) is 3. The summed E-state index contributed by atoms with van der Waals surface area (Å²) in [6, 6.07) is 15.4. The second-order valence-electron chi connectivity index (χ2n) is 6.79. The van der Waals surface area contributed by atoms with E-state index in [1.165, 1.54) is 0 Å². The minimum absolute atomic E-state index is 0.0221. The molecule has 0 aromatic heterocycles. The van der Waals surface area contributed by atoms with Crippen LogP contribution in [0.3, 0.4) is 0 Å². The largest absolute Gasteiger partial charge is 0.473 e. The molecule has 7 nitrogen and oxygen atoms in total. The first-order chi connectivity index (χ1) is 14.1. The highest BCUT2D eigenvalue weighted by molar-refractivity contribution is 6.30. The fourth-order valence-electron chi connectivity index (χ4n) is 2.69. The van der Waals surface area contributed by atoms with E-state index in [-0.39, 0.29) is 11.9 Å². The fourth-order valence-corrected chi connectivity index (χ4v) is 2.82. The summed E-state index contributed by atoms with van der Waals surface area (Å²) in [5.74, 6) is -3.67. The Morgan fingerprint density at radius 3 is 2.07 bits per heavy atom. The first-order valence-electron chi connectivity index (χ1n) is 9.40. The van der Waals surface area contributed by atoms with Crippen LogP contribution in [0.15, 0.2) is 48.5 Å². The van der Waals surface area contributed by atoms with Crippen LogP contribution < -0.4 is 5.32 Å². The standard InChI is InChI=1S/C20H25ClN2O.C2H2O4/c1-4-15-7-5-6-8-18(15)20(24)22-19(13-14-23(2)3)16-9-11-17(21)12-10-16;3-1(4)2(5)6/h5-12,19H,4,13-14H2,1-3H3,(H,22,24);(H,3,4)(H,5,6). The first-order valence-corrected chi connectivity index (χ1v) is 9.78. The van der Waals surface area contributed by atoms with Crippen LogP contribution in [0.4, 0.5) is 0 Å². The summed E-state index contributed by atoms with van der Waals surface area (Å²) in [5.41, 5.74) is 2.89. The van der Waals surface area contributed by atoms with Crippen molar-refractivity contribution in [2.75, 3.05) is 20.6 Å². The van der Waals surface area contributed by atoms with E-state index in [1.54, 1.807) is 0 Å². The van der Waals surface area contributed by atoms with Crippen molar-refractivity contribution in [2.45, 2.75) is 25.8 Å². The maximum atomic E-state index is 12.8. The molecule has 0 spiro atoms. The molecule has 1 amide bonds. The zero-order chi connectivity index (χ0) is 22.7. The first kappa shape index (κ1) is 25.1. The molecule has 8 heteroatoms. The Labute approximate surface area is 181 Å². The topological polar surface area (TPSA) is 107 Å². The van der Waals surface area contributed by atoms with E-state index in [4.69, 9.17) is 31.4 Å². The highest BCUT2D eigenvalue weighted by Crippen LogP contribution is 2.21. The Bertz CT molecular complexity index is 841. The molecular formula is C22H27ClN2O5. The van der Waals surface area contributed by atoms with Gasteiger partial charge in [0.05, 0.1) is 6.04 Å². The van der Waals surface area contributed by atoms with Crippen LogP contribution in [0.1, 0.15) is 40.9 Å². The van der Waals surface area contributed by atoms with Crippen molar-refractivity contribution in [2.24, 2.45) is 0 Å². The Morgan fingerprint density at radius 1 is 1.00 bits per heavy atom. The predicted octanol–water partition coefficient (Wildman–Crippen LogP) is 3.48. The van der Waals surface area contributed by atoms with Gasteiger partial charge in [-0.2, -0.15) is 0 Å². The highest BCUT2D eigenvalue weighted by Gasteiger charge is 2.17. The average Bonchev–Trinajstić information content (AvgIpc) is 2.71. The van der Waals surface area contributed by atoms with E-state index in [9.17, 15) is 4.79 Å². The van der Waals surface area contributed by atoms with Gasteiger partial charge in [-0.1, -0.05) is 48.9 Å². The lowest BCUT2D eigenvalue weighted by Gasteiger charge is -2.22. The number of nitrogens with one attached hydrogen (secondary N) is 1. The van der Waals surface area contributed by atoms with Crippen molar-refractivity contribution < 1.29 is 24.6 Å². The van der Waals surface area contributed by atoms with E-state index >= 15 is 0 Å². The second-order valence-corrected chi connectivity index (χ2v) is 7.23. The Hall–Kier alpha value is -2.90. The summed E-state index contributed by atoms with van der Waals surface area (Å²) in [4.78, 5) is 33.1. The van der Waals surface area contributed by atoms with E-state index in [2.05, 4.69) is 17.1 Å². The van der Waals surface area contributed by atoms with Crippen LogP contribution in [0.5, 0.6) is 0 Å². The molecule has 2 rings (SSSR count). The quantitative estimate of drug-likeness (QED) is 0.576. The van der Waals surface area contributed by atoms with Crippen molar-refractivity contribution in [1.82, 2.24) is 10.2 Å². The van der Waals surface area contributed by atoms with Gasteiger partial charge in [0.1, 0.15) is 0 Å². The number of nitrogens with zero attached hydrogens (tertiary/aromatic N) is 1. The maximum absolute atomic E-state index is 12.8. The molecular weight excluding hydrogens is 408 g/mol. The fraction of sp³-hybridized carbons (Fsp3) is 0.318. The summed E-state index contributed by atoms with van der Waals surface area (Å²) < 4.78 is 0. The van der Waals surface area contributed by atoms with Crippen LogP contribution >= 0.6 is 11.6 Å². The van der Waals surface area contributed by atoms with Gasteiger partial charge in [0, 0.05) is 10.6 Å². The molecule has 0 fully saturated rings. The Balaban J connectivity index is 0.000000656. The second kappa shape index (κ2) is 12.6. The zero-order valence-corrected chi connectivity index (χ0v) is 18.0. The van der Waals surface area contributed by atoms with Crippen LogP contribution in [0.2, 0.25) is 5.02 Å². The van der Waals surface area contributed by atoms with Gasteiger partial charge >= 0.3 is 11.9 Å². The normalized spacial score (nSPS) is 11.2. The maximum Gasteiger partial charge on any atom is 0.414 e. The molecule has 1 unspecified atom stereocenters. The SMILES string of the molecule is CCc1ccccc1C(=O)NC(CCN(C)C)c1ccc(Cl)cc1.O=C(O)C(=O)O. The van der Waals surface area contributed by atoms with Gasteiger partial charge in [-0.15, -0.1) is 0 Å².